The summed E-state index contributed by atoms with van der Waals surface area (Å²) in [7, 11) is 1.32. The molecule has 7 heteroatoms. The summed E-state index contributed by atoms with van der Waals surface area (Å²) >= 11 is 5.91. The highest BCUT2D eigenvalue weighted by Crippen LogP contribution is 2.19. The molecule has 0 aliphatic carbocycles. The summed E-state index contributed by atoms with van der Waals surface area (Å²) in [4.78, 5) is 27.8. The quantitative estimate of drug-likeness (QED) is 0.494. The van der Waals surface area contributed by atoms with Crippen molar-refractivity contribution in [2.45, 2.75) is 25.4 Å². The van der Waals surface area contributed by atoms with Crippen LogP contribution in [0, 0.1) is 0 Å². The monoisotopic (exact) mass is 413 g/mol. The van der Waals surface area contributed by atoms with E-state index in [1.54, 1.807) is 0 Å². The Morgan fingerprint density at radius 1 is 1.14 bits per heavy atom. The molecule has 0 saturated carbocycles. The molecule has 152 valence electrons. The van der Waals surface area contributed by atoms with Crippen LogP contribution in [0.3, 0.4) is 0 Å². The molecule has 2 atom stereocenters. The Kier molecular flexibility index (Phi) is 6.90. The van der Waals surface area contributed by atoms with E-state index in [9.17, 15) is 9.59 Å². The van der Waals surface area contributed by atoms with Crippen LogP contribution in [-0.4, -0.2) is 36.6 Å². The summed E-state index contributed by atoms with van der Waals surface area (Å²) in [6, 6.07) is 14.5. The van der Waals surface area contributed by atoms with E-state index < -0.39 is 12.0 Å². The van der Waals surface area contributed by atoms with Gasteiger partial charge in [-0.2, -0.15) is 0 Å². The van der Waals surface area contributed by atoms with E-state index in [0.717, 1.165) is 22.0 Å². The standard InChI is InChI=1S/C22H24ClN3O3/c1-14(15-7-9-17(23)10-8-15)24-13-21(27)26-20(22(28)29-2)11-16-12-25-19-6-4-3-5-18(16)19/h3-10,12,14,20,24-25H,11,13H2,1-2H3,(H,26,27)/t14-,20-/m1/s1. The van der Waals surface area contributed by atoms with Crippen LogP contribution in [0.4, 0.5) is 0 Å². The second kappa shape index (κ2) is 9.58. The van der Waals surface area contributed by atoms with Gasteiger partial charge in [-0.05, 0) is 36.2 Å². The van der Waals surface area contributed by atoms with Gasteiger partial charge in [-0.25, -0.2) is 4.79 Å². The predicted molar refractivity (Wildman–Crippen MR) is 114 cm³/mol. The van der Waals surface area contributed by atoms with Gasteiger partial charge in [0, 0.05) is 34.6 Å². The zero-order valence-electron chi connectivity index (χ0n) is 16.4. The maximum Gasteiger partial charge on any atom is 0.328 e. The number of methoxy groups -OCH3 is 1. The first-order chi connectivity index (χ1) is 14.0. The largest absolute Gasteiger partial charge is 0.467 e. The molecule has 0 aliphatic rings. The van der Waals surface area contributed by atoms with Crippen molar-refractivity contribution in [3.05, 3.63) is 70.9 Å². The van der Waals surface area contributed by atoms with E-state index in [2.05, 4.69) is 15.6 Å². The molecule has 1 heterocycles. The van der Waals surface area contributed by atoms with E-state index in [1.165, 1.54) is 7.11 Å². The van der Waals surface area contributed by atoms with Crippen molar-refractivity contribution < 1.29 is 14.3 Å². The molecule has 0 bridgehead atoms. The third kappa shape index (κ3) is 5.37. The molecule has 2 aromatic carbocycles. The molecule has 0 saturated heterocycles. The Morgan fingerprint density at radius 2 is 1.86 bits per heavy atom. The first-order valence-corrected chi connectivity index (χ1v) is 9.76. The van der Waals surface area contributed by atoms with Gasteiger partial charge in [0.05, 0.1) is 13.7 Å². The molecule has 6 nitrogen and oxygen atoms in total. The molecule has 1 aromatic heterocycles. The lowest BCUT2D eigenvalue weighted by Crippen LogP contribution is -2.46. The molecule has 0 fully saturated rings. The number of aromatic amines is 1. The van der Waals surface area contributed by atoms with Gasteiger partial charge < -0.3 is 20.4 Å². The van der Waals surface area contributed by atoms with Crippen LogP contribution in [0.15, 0.2) is 54.7 Å². The molecule has 1 amide bonds. The van der Waals surface area contributed by atoms with Crippen molar-refractivity contribution >= 4 is 34.4 Å². The van der Waals surface area contributed by atoms with Gasteiger partial charge in [-0.15, -0.1) is 0 Å². The van der Waals surface area contributed by atoms with Gasteiger partial charge in [-0.3, -0.25) is 4.79 Å². The van der Waals surface area contributed by atoms with Crippen LogP contribution in [0.2, 0.25) is 5.02 Å². The molecule has 0 radical (unpaired) electrons. The number of carbonyl (C=O) groups excluding carboxylic acids is 2. The number of carbonyl (C=O) groups is 2. The van der Waals surface area contributed by atoms with E-state index in [1.807, 2.05) is 61.7 Å². The Hall–Kier alpha value is -2.83. The van der Waals surface area contributed by atoms with Gasteiger partial charge in [0.15, 0.2) is 0 Å². The molecule has 29 heavy (non-hydrogen) atoms. The van der Waals surface area contributed by atoms with Gasteiger partial charge in [0.2, 0.25) is 5.91 Å². The normalized spacial score (nSPS) is 13.1. The average molecular weight is 414 g/mol. The first-order valence-electron chi connectivity index (χ1n) is 9.39. The SMILES string of the molecule is COC(=O)[C@@H](Cc1c[nH]c2ccccc12)NC(=O)CN[C@H](C)c1ccc(Cl)cc1. The Bertz CT molecular complexity index is 984. The number of halogens is 1. The van der Waals surface area contributed by atoms with Crippen LogP contribution in [0.25, 0.3) is 10.9 Å². The van der Waals surface area contributed by atoms with Gasteiger partial charge in [0.25, 0.3) is 0 Å². The fraction of sp³-hybridized carbons (Fsp3) is 0.273. The number of hydrogen-bond donors (Lipinski definition) is 3. The number of nitrogens with one attached hydrogen (secondary N) is 3. The van der Waals surface area contributed by atoms with Gasteiger partial charge in [0.1, 0.15) is 6.04 Å². The highest BCUT2D eigenvalue weighted by atomic mass is 35.5. The predicted octanol–water partition coefficient (Wildman–Crippen LogP) is 3.37. The van der Waals surface area contributed by atoms with Gasteiger partial charge in [-0.1, -0.05) is 41.9 Å². The fourth-order valence-electron chi connectivity index (χ4n) is 3.22. The van der Waals surface area contributed by atoms with Crippen molar-refractivity contribution in [2.24, 2.45) is 0 Å². The number of para-hydroxylation sites is 1. The fourth-order valence-corrected chi connectivity index (χ4v) is 3.34. The molecule has 3 rings (SSSR count). The Balaban J connectivity index is 1.61. The van der Waals surface area contributed by atoms with Crippen LogP contribution in [0.1, 0.15) is 24.1 Å². The number of aromatic nitrogens is 1. The molecule has 0 aliphatic heterocycles. The summed E-state index contributed by atoms with van der Waals surface area (Å²) in [5.41, 5.74) is 2.94. The first kappa shape index (κ1) is 20.9. The Labute approximate surface area is 174 Å². The van der Waals surface area contributed by atoms with E-state index in [4.69, 9.17) is 16.3 Å². The van der Waals surface area contributed by atoms with Crippen molar-refractivity contribution in [2.75, 3.05) is 13.7 Å². The van der Waals surface area contributed by atoms with E-state index in [0.29, 0.717) is 11.4 Å². The molecule has 3 N–H and O–H groups in total. The third-order valence-corrected chi connectivity index (χ3v) is 5.11. The summed E-state index contributed by atoms with van der Waals surface area (Å²) in [5.74, 6) is -0.754. The zero-order valence-corrected chi connectivity index (χ0v) is 17.1. The minimum atomic E-state index is -0.764. The maximum atomic E-state index is 12.4. The zero-order chi connectivity index (χ0) is 20.8. The number of H-pyrrole nitrogens is 1. The Morgan fingerprint density at radius 3 is 2.59 bits per heavy atom. The lowest BCUT2D eigenvalue weighted by atomic mass is 10.0. The second-order valence-electron chi connectivity index (χ2n) is 6.86. The number of amides is 1. The minimum Gasteiger partial charge on any atom is -0.467 e. The number of hydrogen-bond acceptors (Lipinski definition) is 4. The molecule has 3 aromatic rings. The highest BCUT2D eigenvalue weighted by Gasteiger charge is 2.23. The minimum absolute atomic E-state index is 0.0387. The lowest BCUT2D eigenvalue weighted by molar-refractivity contribution is -0.144. The van der Waals surface area contributed by atoms with Crippen LogP contribution < -0.4 is 10.6 Å². The summed E-state index contributed by atoms with van der Waals surface area (Å²) in [6.07, 6.45) is 2.20. The average Bonchev–Trinajstić information content (AvgIpc) is 3.14. The van der Waals surface area contributed by atoms with Crippen LogP contribution in [0.5, 0.6) is 0 Å². The number of fused-ring (bicyclic) bond motifs is 1. The molecule has 0 unspecified atom stereocenters. The van der Waals surface area contributed by atoms with Gasteiger partial charge >= 0.3 is 5.97 Å². The van der Waals surface area contributed by atoms with Crippen LogP contribution in [-0.2, 0) is 20.7 Å². The van der Waals surface area contributed by atoms with Crippen molar-refractivity contribution in [3.8, 4) is 0 Å². The smallest absolute Gasteiger partial charge is 0.328 e. The van der Waals surface area contributed by atoms with Crippen molar-refractivity contribution in [3.63, 3.8) is 0 Å². The number of benzene rings is 2. The maximum absolute atomic E-state index is 12.4. The molecule has 0 spiro atoms. The molecular weight excluding hydrogens is 390 g/mol. The second-order valence-corrected chi connectivity index (χ2v) is 7.30. The summed E-state index contributed by atoms with van der Waals surface area (Å²) in [5, 5.41) is 7.61. The van der Waals surface area contributed by atoms with E-state index >= 15 is 0 Å². The number of esters is 1. The van der Waals surface area contributed by atoms with E-state index in [-0.39, 0.29) is 18.5 Å². The van der Waals surface area contributed by atoms with Crippen LogP contribution >= 0.6 is 11.6 Å². The highest BCUT2D eigenvalue weighted by molar-refractivity contribution is 6.30. The molecular formula is C22H24ClN3O3. The number of rotatable bonds is 8. The van der Waals surface area contributed by atoms with Crippen molar-refractivity contribution in [1.29, 1.82) is 0 Å². The lowest BCUT2D eigenvalue weighted by Gasteiger charge is -2.18. The van der Waals surface area contributed by atoms with Crippen molar-refractivity contribution in [1.82, 2.24) is 15.6 Å². The summed E-state index contributed by atoms with van der Waals surface area (Å²) < 4.78 is 4.88. The topological polar surface area (TPSA) is 83.2 Å². The number of ether oxygens (including phenoxy) is 1. The third-order valence-electron chi connectivity index (χ3n) is 4.86. The summed E-state index contributed by atoms with van der Waals surface area (Å²) in [6.45, 7) is 2.03.